The van der Waals surface area contributed by atoms with Crippen LogP contribution in [-0.4, -0.2) is 0 Å². The van der Waals surface area contributed by atoms with Gasteiger partial charge in [0, 0.05) is 9.58 Å². The first-order valence-electron chi connectivity index (χ1n) is 5.44. The van der Waals surface area contributed by atoms with Crippen molar-refractivity contribution in [1.29, 1.82) is 0 Å². The van der Waals surface area contributed by atoms with Crippen LogP contribution < -0.4 is 0 Å². The van der Waals surface area contributed by atoms with Crippen molar-refractivity contribution in [3.05, 3.63) is 40.3 Å². The Labute approximate surface area is 94.2 Å². The SMILES string of the molecule is Cc1ccc2sc3c(c2c1)C[C@H](C)C=C3. The van der Waals surface area contributed by atoms with Gasteiger partial charge in [-0.2, -0.15) is 0 Å². The number of hydrogen-bond acceptors (Lipinski definition) is 1. The first kappa shape index (κ1) is 9.17. The molecule has 1 aliphatic rings. The van der Waals surface area contributed by atoms with Gasteiger partial charge in [0.15, 0.2) is 0 Å². The van der Waals surface area contributed by atoms with Crippen molar-refractivity contribution in [3.8, 4) is 0 Å². The molecule has 0 saturated carbocycles. The molecule has 3 rings (SSSR count). The zero-order chi connectivity index (χ0) is 10.4. The number of benzene rings is 1. The monoisotopic (exact) mass is 214 g/mol. The number of hydrogen-bond donors (Lipinski definition) is 0. The number of rotatable bonds is 0. The Kier molecular flexibility index (Phi) is 1.96. The molecule has 0 N–H and O–H groups in total. The van der Waals surface area contributed by atoms with Crippen LogP contribution in [0.5, 0.6) is 0 Å². The topological polar surface area (TPSA) is 0 Å². The lowest BCUT2D eigenvalue weighted by atomic mass is 9.93. The van der Waals surface area contributed by atoms with Crippen LogP contribution in [0.15, 0.2) is 24.3 Å². The van der Waals surface area contributed by atoms with Gasteiger partial charge < -0.3 is 0 Å². The summed E-state index contributed by atoms with van der Waals surface area (Å²) in [5.41, 5.74) is 2.93. The van der Waals surface area contributed by atoms with E-state index in [2.05, 4.69) is 44.2 Å². The predicted molar refractivity (Wildman–Crippen MR) is 68.5 cm³/mol. The molecule has 0 spiro atoms. The Balaban J connectivity index is 2.31. The van der Waals surface area contributed by atoms with Crippen LogP contribution in [0.2, 0.25) is 0 Å². The maximum absolute atomic E-state index is 2.33. The van der Waals surface area contributed by atoms with Crippen LogP contribution in [0.3, 0.4) is 0 Å². The van der Waals surface area contributed by atoms with Crippen LogP contribution >= 0.6 is 11.3 Å². The summed E-state index contributed by atoms with van der Waals surface area (Å²) in [4.78, 5) is 1.47. The zero-order valence-electron chi connectivity index (χ0n) is 9.08. The van der Waals surface area contributed by atoms with Crippen molar-refractivity contribution in [2.75, 3.05) is 0 Å². The second kappa shape index (κ2) is 3.21. The van der Waals surface area contributed by atoms with Crippen molar-refractivity contribution >= 4 is 27.5 Å². The molecule has 1 atom stereocenters. The van der Waals surface area contributed by atoms with E-state index < -0.39 is 0 Å². The largest absolute Gasteiger partial charge is 0.136 e. The standard InChI is InChI=1S/C14H14S/c1-9-3-5-13-11(7-9)12-8-10(2)4-6-14(12)15-13/h3-7,10H,8H2,1-2H3/t10-/m1/s1. The van der Waals surface area contributed by atoms with Gasteiger partial charge in [0.2, 0.25) is 0 Å². The predicted octanol–water partition coefficient (Wildman–Crippen LogP) is 4.42. The van der Waals surface area contributed by atoms with Crippen LogP contribution in [0.25, 0.3) is 16.2 Å². The summed E-state index contributed by atoms with van der Waals surface area (Å²) in [5.74, 6) is 0.691. The molecule has 0 nitrogen and oxygen atoms in total. The van der Waals surface area contributed by atoms with Crippen molar-refractivity contribution in [2.24, 2.45) is 5.92 Å². The third kappa shape index (κ3) is 1.42. The van der Waals surface area contributed by atoms with Gasteiger partial charge >= 0.3 is 0 Å². The van der Waals surface area contributed by atoms with Gasteiger partial charge in [-0.1, -0.05) is 30.7 Å². The van der Waals surface area contributed by atoms with Gasteiger partial charge in [0.1, 0.15) is 0 Å². The highest BCUT2D eigenvalue weighted by molar-refractivity contribution is 7.20. The van der Waals surface area contributed by atoms with Crippen molar-refractivity contribution < 1.29 is 0 Å². The van der Waals surface area contributed by atoms with E-state index in [-0.39, 0.29) is 0 Å². The fourth-order valence-electron chi connectivity index (χ4n) is 2.27. The highest BCUT2D eigenvalue weighted by Crippen LogP contribution is 2.37. The molecule has 1 aromatic carbocycles. The Morgan fingerprint density at radius 2 is 2.20 bits per heavy atom. The van der Waals surface area contributed by atoms with E-state index in [1.165, 1.54) is 26.9 Å². The molecule has 1 aromatic heterocycles. The first-order valence-corrected chi connectivity index (χ1v) is 6.26. The summed E-state index contributed by atoms with van der Waals surface area (Å²) in [6.07, 6.45) is 5.82. The van der Waals surface area contributed by atoms with E-state index in [0.717, 1.165) is 0 Å². The average molecular weight is 214 g/mol. The fraction of sp³-hybridized carbons (Fsp3) is 0.286. The Morgan fingerprint density at radius 1 is 1.33 bits per heavy atom. The summed E-state index contributed by atoms with van der Waals surface area (Å²) in [6.45, 7) is 4.46. The molecule has 0 aliphatic heterocycles. The van der Waals surface area contributed by atoms with E-state index in [1.807, 2.05) is 11.3 Å². The molecule has 0 unspecified atom stereocenters. The van der Waals surface area contributed by atoms with E-state index >= 15 is 0 Å². The molecular weight excluding hydrogens is 200 g/mol. The highest BCUT2D eigenvalue weighted by Gasteiger charge is 2.15. The number of allylic oxidation sites excluding steroid dienone is 1. The fourth-order valence-corrected chi connectivity index (χ4v) is 3.40. The lowest BCUT2D eigenvalue weighted by Crippen LogP contribution is -2.00. The minimum Gasteiger partial charge on any atom is -0.136 e. The molecule has 0 bridgehead atoms. The minimum atomic E-state index is 0.691. The first-order chi connectivity index (χ1) is 7.24. The van der Waals surface area contributed by atoms with E-state index in [0.29, 0.717) is 5.92 Å². The molecule has 1 heterocycles. The van der Waals surface area contributed by atoms with Crippen molar-refractivity contribution in [2.45, 2.75) is 20.3 Å². The summed E-state index contributed by atoms with van der Waals surface area (Å²) in [6, 6.07) is 6.79. The van der Waals surface area contributed by atoms with Crippen LogP contribution in [0, 0.1) is 12.8 Å². The van der Waals surface area contributed by atoms with E-state index in [1.54, 1.807) is 5.56 Å². The van der Waals surface area contributed by atoms with Crippen molar-refractivity contribution in [3.63, 3.8) is 0 Å². The Morgan fingerprint density at radius 3 is 3.07 bits per heavy atom. The third-order valence-electron chi connectivity index (χ3n) is 3.08. The Hall–Kier alpha value is -1.08. The second-order valence-electron chi connectivity index (χ2n) is 4.49. The van der Waals surface area contributed by atoms with Crippen molar-refractivity contribution in [1.82, 2.24) is 0 Å². The summed E-state index contributed by atoms with van der Waals surface area (Å²) in [5, 5.41) is 1.48. The lowest BCUT2D eigenvalue weighted by Gasteiger charge is -2.11. The van der Waals surface area contributed by atoms with Gasteiger partial charge in [-0.15, -0.1) is 11.3 Å². The van der Waals surface area contributed by atoms with E-state index in [4.69, 9.17) is 0 Å². The molecular formula is C14H14S. The number of aryl methyl sites for hydroxylation is 1. The molecule has 1 aliphatic carbocycles. The average Bonchev–Trinajstić information content (AvgIpc) is 2.56. The van der Waals surface area contributed by atoms with Crippen LogP contribution in [-0.2, 0) is 6.42 Å². The van der Waals surface area contributed by atoms with Gasteiger partial charge in [0.05, 0.1) is 0 Å². The third-order valence-corrected chi connectivity index (χ3v) is 4.26. The van der Waals surface area contributed by atoms with E-state index in [9.17, 15) is 0 Å². The number of fused-ring (bicyclic) bond motifs is 3. The van der Waals surface area contributed by atoms with Gasteiger partial charge in [-0.05, 0) is 42.4 Å². The molecule has 1 heteroatoms. The molecule has 0 fully saturated rings. The van der Waals surface area contributed by atoms with Gasteiger partial charge in [-0.25, -0.2) is 0 Å². The zero-order valence-corrected chi connectivity index (χ0v) is 9.90. The molecule has 0 amide bonds. The summed E-state index contributed by atoms with van der Waals surface area (Å²) in [7, 11) is 0. The van der Waals surface area contributed by atoms with Gasteiger partial charge in [-0.3, -0.25) is 0 Å². The number of thiophene rings is 1. The Bertz CT molecular complexity index is 546. The maximum Gasteiger partial charge on any atom is 0.0352 e. The minimum absolute atomic E-state index is 0.691. The normalized spacial score (nSPS) is 19.5. The summed E-state index contributed by atoms with van der Waals surface area (Å²) < 4.78 is 1.43. The van der Waals surface area contributed by atoms with Gasteiger partial charge in [0.25, 0.3) is 0 Å². The summed E-state index contributed by atoms with van der Waals surface area (Å²) >= 11 is 1.92. The maximum atomic E-state index is 2.33. The molecule has 76 valence electrons. The molecule has 0 radical (unpaired) electrons. The second-order valence-corrected chi connectivity index (χ2v) is 5.57. The quantitative estimate of drug-likeness (QED) is 0.609. The molecule has 0 saturated heterocycles. The molecule has 2 aromatic rings. The molecule has 15 heavy (non-hydrogen) atoms. The lowest BCUT2D eigenvalue weighted by molar-refractivity contribution is 0.724. The smallest absolute Gasteiger partial charge is 0.0352 e. The van der Waals surface area contributed by atoms with Crippen LogP contribution in [0.4, 0.5) is 0 Å². The van der Waals surface area contributed by atoms with Crippen LogP contribution in [0.1, 0.15) is 22.9 Å². The highest BCUT2D eigenvalue weighted by atomic mass is 32.1.